The van der Waals surface area contributed by atoms with Gasteiger partial charge in [0.2, 0.25) is 0 Å². The van der Waals surface area contributed by atoms with E-state index in [1.54, 1.807) is 30.3 Å². The molecule has 0 aliphatic carbocycles. The molecule has 1 N–H and O–H groups in total. The summed E-state index contributed by atoms with van der Waals surface area (Å²) in [6, 6.07) is 8.48. The van der Waals surface area contributed by atoms with Gasteiger partial charge in [-0.1, -0.05) is 17.7 Å². The van der Waals surface area contributed by atoms with Gasteiger partial charge >= 0.3 is 0 Å². The Bertz CT molecular complexity index is 750. The van der Waals surface area contributed by atoms with Crippen LogP contribution in [-0.4, -0.2) is 11.8 Å². The fourth-order valence-corrected chi connectivity index (χ4v) is 2.15. The van der Waals surface area contributed by atoms with Crippen LogP contribution in [-0.2, 0) is 9.59 Å². The second kappa shape index (κ2) is 5.10. The lowest BCUT2D eigenvalue weighted by Crippen LogP contribution is -2.35. The summed E-state index contributed by atoms with van der Waals surface area (Å²) in [5.74, 6) is -0.485. The van der Waals surface area contributed by atoms with Crippen LogP contribution in [0.4, 0.5) is 5.69 Å². The van der Waals surface area contributed by atoms with E-state index in [1.807, 2.05) is 6.92 Å². The maximum atomic E-state index is 12.3. The average molecular weight is 303 g/mol. The van der Waals surface area contributed by atoms with E-state index in [9.17, 15) is 9.59 Å². The van der Waals surface area contributed by atoms with Gasteiger partial charge in [-0.3, -0.25) is 15.0 Å². The Labute approximate surface area is 125 Å². The molecule has 0 atom stereocenters. The van der Waals surface area contributed by atoms with Gasteiger partial charge in [-0.25, -0.2) is 5.01 Å². The summed E-state index contributed by atoms with van der Waals surface area (Å²) in [6.45, 7) is 1.86. The highest BCUT2D eigenvalue weighted by atomic mass is 35.5. The van der Waals surface area contributed by atoms with E-state index in [2.05, 4.69) is 5.43 Å². The SMILES string of the molecule is Cc1ccc(N2NC(=O)/C(=C/c3ccco3)C2=O)cc1Cl. The van der Waals surface area contributed by atoms with Gasteiger partial charge in [-0.2, -0.15) is 0 Å². The van der Waals surface area contributed by atoms with Gasteiger partial charge in [0.1, 0.15) is 11.3 Å². The molecule has 1 saturated heterocycles. The minimum absolute atomic E-state index is 0.0154. The first kappa shape index (κ1) is 13.5. The number of hydrogen-bond donors (Lipinski definition) is 1. The number of halogens is 1. The third-order valence-electron chi connectivity index (χ3n) is 3.13. The molecule has 106 valence electrons. The molecule has 1 aliphatic heterocycles. The summed E-state index contributed by atoms with van der Waals surface area (Å²) in [4.78, 5) is 24.3. The van der Waals surface area contributed by atoms with Crippen LogP contribution in [0.25, 0.3) is 6.08 Å². The van der Waals surface area contributed by atoms with Crippen LogP contribution in [0.1, 0.15) is 11.3 Å². The lowest BCUT2D eigenvalue weighted by molar-refractivity contribution is -0.117. The number of benzene rings is 1. The van der Waals surface area contributed by atoms with Crippen molar-refractivity contribution in [1.29, 1.82) is 0 Å². The average Bonchev–Trinajstić information content (AvgIpc) is 3.06. The summed E-state index contributed by atoms with van der Waals surface area (Å²) in [5.41, 5.74) is 3.92. The second-order valence-electron chi connectivity index (χ2n) is 4.59. The number of hydrogen-bond acceptors (Lipinski definition) is 3. The minimum Gasteiger partial charge on any atom is -0.465 e. The van der Waals surface area contributed by atoms with Gasteiger partial charge < -0.3 is 4.42 Å². The Morgan fingerprint density at radius 1 is 1.29 bits per heavy atom. The molecule has 2 aromatic rings. The number of carbonyl (C=O) groups excluding carboxylic acids is 2. The van der Waals surface area contributed by atoms with Gasteiger partial charge in [0.05, 0.1) is 12.0 Å². The number of hydrazine groups is 1. The highest BCUT2D eigenvalue weighted by molar-refractivity contribution is 6.33. The second-order valence-corrected chi connectivity index (χ2v) is 5.00. The van der Waals surface area contributed by atoms with E-state index in [0.29, 0.717) is 16.5 Å². The van der Waals surface area contributed by atoms with E-state index in [0.717, 1.165) is 5.56 Å². The van der Waals surface area contributed by atoms with Crippen LogP contribution < -0.4 is 10.4 Å². The standard InChI is InChI=1S/C15H11ClN2O3/c1-9-4-5-10(7-13(9)16)18-15(20)12(14(19)17-18)8-11-3-2-6-21-11/h2-8H,1H3,(H,17,19)/b12-8-. The topological polar surface area (TPSA) is 62.6 Å². The largest absolute Gasteiger partial charge is 0.465 e. The van der Waals surface area contributed by atoms with Gasteiger partial charge in [0.25, 0.3) is 11.8 Å². The molecular weight excluding hydrogens is 292 g/mol. The fourth-order valence-electron chi connectivity index (χ4n) is 1.98. The van der Waals surface area contributed by atoms with Crippen molar-refractivity contribution in [1.82, 2.24) is 5.43 Å². The predicted octanol–water partition coefficient (Wildman–Crippen LogP) is 2.70. The Kier molecular flexibility index (Phi) is 3.27. The van der Waals surface area contributed by atoms with E-state index >= 15 is 0 Å². The third kappa shape index (κ3) is 2.43. The summed E-state index contributed by atoms with van der Waals surface area (Å²) < 4.78 is 5.12. The molecule has 2 amide bonds. The molecule has 1 aromatic heterocycles. The molecule has 0 radical (unpaired) electrons. The lowest BCUT2D eigenvalue weighted by atomic mass is 10.2. The van der Waals surface area contributed by atoms with Crippen molar-refractivity contribution >= 4 is 35.2 Å². The molecule has 1 aliphatic rings. The molecule has 0 spiro atoms. The Balaban J connectivity index is 1.95. The highest BCUT2D eigenvalue weighted by Crippen LogP contribution is 2.26. The third-order valence-corrected chi connectivity index (χ3v) is 3.54. The maximum Gasteiger partial charge on any atom is 0.282 e. The van der Waals surface area contributed by atoms with Crippen molar-refractivity contribution < 1.29 is 14.0 Å². The Morgan fingerprint density at radius 3 is 2.76 bits per heavy atom. The van der Waals surface area contributed by atoms with Crippen LogP contribution in [0.2, 0.25) is 5.02 Å². The number of amides is 2. The molecule has 2 heterocycles. The summed E-state index contributed by atoms with van der Waals surface area (Å²) in [6.07, 6.45) is 2.88. The van der Waals surface area contributed by atoms with Gasteiger partial charge in [-0.15, -0.1) is 0 Å². The van der Waals surface area contributed by atoms with Crippen molar-refractivity contribution in [3.63, 3.8) is 0 Å². The monoisotopic (exact) mass is 302 g/mol. The van der Waals surface area contributed by atoms with Crippen molar-refractivity contribution in [2.75, 3.05) is 5.01 Å². The zero-order valence-electron chi connectivity index (χ0n) is 11.1. The molecule has 1 aromatic carbocycles. The zero-order valence-corrected chi connectivity index (χ0v) is 11.8. The number of aryl methyl sites for hydroxylation is 1. The normalized spacial score (nSPS) is 16.7. The van der Waals surface area contributed by atoms with Crippen LogP contribution >= 0.6 is 11.6 Å². The fraction of sp³-hybridized carbons (Fsp3) is 0.0667. The van der Waals surface area contributed by atoms with Crippen molar-refractivity contribution in [3.05, 3.63) is 58.5 Å². The summed E-state index contributed by atoms with van der Waals surface area (Å²) in [5, 5.41) is 1.70. The van der Waals surface area contributed by atoms with Gasteiger partial charge in [0.15, 0.2) is 0 Å². The molecule has 5 nitrogen and oxygen atoms in total. The lowest BCUT2D eigenvalue weighted by Gasteiger charge is -2.15. The number of nitrogens with zero attached hydrogens (tertiary/aromatic N) is 1. The summed E-state index contributed by atoms with van der Waals surface area (Å²) in [7, 11) is 0. The molecule has 0 bridgehead atoms. The number of carbonyl (C=O) groups is 2. The van der Waals surface area contributed by atoms with Crippen LogP contribution in [0, 0.1) is 6.92 Å². The Morgan fingerprint density at radius 2 is 2.10 bits per heavy atom. The highest BCUT2D eigenvalue weighted by Gasteiger charge is 2.34. The minimum atomic E-state index is -0.479. The number of rotatable bonds is 2. The summed E-state index contributed by atoms with van der Waals surface area (Å²) >= 11 is 6.05. The van der Waals surface area contributed by atoms with Crippen molar-refractivity contribution in [2.24, 2.45) is 0 Å². The molecule has 1 fully saturated rings. The van der Waals surface area contributed by atoms with Crippen LogP contribution in [0.5, 0.6) is 0 Å². The van der Waals surface area contributed by atoms with Crippen LogP contribution in [0.3, 0.4) is 0 Å². The first-order valence-electron chi connectivity index (χ1n) is 6.23. The van der Waals surface area contributed by atoms with Gasteiger partial charge in [-0.05, 0) is 42.8 Å². The molecule has 3 rings (SSSR count). The molecule has 6 heteroatoms. The van der Waals surface area contributed by atoms with E-state index in [1.165, 1.54) is 17.3 Å². The maximum absolute atomic E-state index is 12.3. The Hall–Kier alpha value is -2.53. The predicted molar refractivity (Wildman–Crippen MR) is 78.5 cm³/mol. The zero-order chi connectivity index (χ0) is 15.0. The molecule has 0 unspecified atom stereocenters. The number of nitrogens with one attached hydrogen (secondary N) is 1. The van der Waals surface area contributed by atoms with Crippen molar-refractivity contribution in [3.8, 4) is 0 Å². The number of furan rings is 1. The van der Waals surface area contributed by atoms with Crippen molar-refractivity contribution in [2.45, 2.75) is 6.92 Å². The first-order chi connectivity index (χ1) is 10.1. The van der Waals surface area contributed by atoms with E-state index < -0.39 is 11.8 Å². The number of anilines is 1. The first-order valence-corrected chi connectivity index (χ1v) is 6.61. The molecule has 0 saturated carbocycles. The molecular formula is C15H11ClN2O3. The smallest absolute Gasteiger partial charge is 0.282 e. The quantitative estimate of drug-likeness (QED) is 0.685. The molecule has 21 heavy (non-hydrogen) atoms. The van der Waals surface area contributed by atoms with E-state index in [4.69, 9.17) is 16.0 Å². The van der Waals surface area contributed by atoms with Crippen LogP contribution in [0.15, 0.2) is 46.6 Å². The van der Waals surface area contributed by atoms with E-state index in [-0.39, 0.29) is 5.57 Å². The van der Waals surface area contributed by atoms with Gasteiger partial charge in [0, 0.05) is 5.02 Å².